The molecule has 1 aromatic carbocycles. The van der Waals surface area contributed by atoms with Crippen LogP contribution in [-0.2, 0) is 5.92 Å². The van der Waals surface area contributed by atoms with Crippen LogP contribution in [0.25, 0.3) is 0 Å². The van der Waals surface area contributed by atoms with Crippen LogP contribution in [0.2, 0.25) is 0 Å². The zero-order chi connectivity index (χ0) is 14.9. The largest absolute Gasteiger partial charge is 0.270 e. The molecular formula is C18H22F2. The smallest absolute Gasteiger partial charge is 0.202 e. The predicted molar refractivity (Wildman–Crippen MR) is 80.0 cm³/mol. The van der Waals surface area contributed by atoms with Crippen molar-refractivity contribution in [3.63, 3.8) is 0 Å². The fourth-order valence-electron chi connectivity index (χ4n) is 2.81. The molecule has 1 saturated carbocycles. The van der Waals surface area contributed by atoms with Gasteiger partial charge < -0.3 is 0 Å². The molecule has 0 spiro atoms. The van der Waals surface area contributed by atoms with Gasteiger partial charge in [0.25, 0.3) is 5.92 Å². The average molecular weight is 276 g/mol. The van der Waals surface area contributed by atoms with Gasteiger partial charge in [-0.15, -0.1) is 0 Å². The molecule has 108 valence electrons. The van der Waals surface area contributed by atoms with E-state index in [4.69, 9.17) is 0 Å². The van der Waals surface area contributed by atoms with Gasteiger partial charge in [-0.25, -0.2) is 8.78 Å². The molecule has 3 unspecified atom stereocenters. The number of rotatable bonds is 5. The normalized spacial score (nSPS) is 23.9. The topological polar surface area (TPSA) is 0 Å². The highest BCUT2D eigenvalue weighted by atomic mass is 19.3. The maximum absolute atomic E-state index is 13.2. The Bertz CT molecular complexity index is 505. The lowest BCUT2D eigenvalue weighted by molar-refractivity contribution is 0.0174. The van der Waals surface area contributed by atoms with E-state index in [0.29, 0.717) is 17.8 Å². The molecular weight excluding hydrogens is 254 g/mol. The number of hydrogen-bond acceptors (Lipinski definition) is 0. The maximum Gasteiger partial charge on any atom is 0.270 e. The van der Waals surface area contributed by atoms with Crippen LogP contribution in [0, 0.1) is 11.8 Å². The van der Waals surface area contributed by atoms with E-state index < -0.39 is 5.92 Å². The first-order valence-electron chi connectivity index (χ1n) is 7.14. The van der Waals surface area contributed by atoms with Gasteiger partial charge in [-0.1, -0.05) is 55.5 Å². The minimum absolute atomic E-state index is 0.0878. The number of alkyl halides is 2. The third kappa shape index (κ3) is 3.17. The second kappa shape index (κ2) is 5.51. The zero-order valence-corrected chi connectivity index (χ0v) is 12.4. The van der Waals surface area contributed by atoms with Crippen LogP contribution in [0.3, 0.4) is 0 Å². The highest BCUT2D eigenvalue weighted by Gasteiger charge is 2.42. The lowest BCUT2D eigenvalue weighted by atomic mass is 9.93. The van der Waals surface area contributed by atoms with Crippen molar-refractivity contribution in [1.82, 2.24) is 0 Å². The van der Waals surface area contributed by atoms with Gasteiger partial charge in [-0.2, -0.15) is 0 Å². The molecule has 2 rings (SSSR count). The zero-order valence-electron chi connectivity index (χ0n) is 12.4. The van der Waals surface area contributed by atoms with Gasteiger partial charge in [0.1, 0.15) is 0 Å². The van der Waals surface area contributed by atoms with E-state index in [-0.39, 0.29) is 5.56 Å². The summed E-state index contributed by atoms with van der Waals surface area (Å²) >= 11 is 0. The summed E-state index contributed by atoms with van der Waals surface area (Å²) in [6.07, 6.45) is 5.19. The minimum atomic E-state index is -2.75. The fourth-order valence-corrected chi connectivity index (χ4v) is 2.81. The van der Waals surface area contributed by atoms with Crippen LogP contribution in [0.4, 0.5) is 8.78 Å². The van der Waals surface area contributed by atoms with Gasteiger partial charge in [0, 0.05) is 12.5 Å². The van der Waals surface area contributed by atoms with Crippen LogP contribution < -0.4 is 0 Å². The summed E-state index contributed by atoms with van der Waals surface area (Å²) in [6.45, 7) is 9.22. The van der Waals surface area contributed by atoms with Crippen molar-refractivity contribution in [3.05, 3.63) is 59.7 Å². The van der Waals surface area contributed by atoms with Crippen LogP contribution in [0.15, 0.2) is 48.6 Å². The summed E-state index contributed by atoms with van der Waals surface area (Å²) in [5, 5.41) is 0. The van der Waals surface area contributed by atoms with E-state index in [0.717, 1.165) is 18.9 Å². The van der Waals surface area contributed by atoms with E-state index >= 15 is 0 Å². The first kappa shape index (κ1) is 15.0. The van der Waals surface area contributed by atoms with Gasteiger partial charge in [0.05, 0.1) is 0 Å². The Labute approximate surface area is 120 Å². The SMILES string of the molecule is C=C(/C=C\C)C(C)C1CC1c1ccc(C(C)(F)F)cc1. The molecule has 2 heteroatoms. The van der Waals surface area contributed by atoms with Crippen molar-refractivity contribution in [2.75, 3.05) is 0 Å². The minimum Gasteiger partial charge on any atom is -0.202 e. The van der Waals surface area contributed by atoms with Gasteiger partial charge in [0.2, 0.25) is 0 Å². The fraction of sp³-hybridized carbons (Fsp3) is 0.444. The van der Waals surface area contributed by atoms with Crippen molar-refractivity contribution in [2.24, 2.45) is 11.8 Å². The summed E-state index contributed by atoms with van der Waals surface area (Å²) in [5.41, 5.74) is 2.41. The molecule has 0 N–H and O–H groups in total. The van der Waals surface area contributed by atoms with Gasteiger partial charge in [0.15, 0.2) is 0 Å². The molecule has 0 aliphatic heterocycles. The Morgan fingerprint density at radius 3 is 2.45 bits per heavy atom. The predicted octanol–water partition coefficient (Wildman–Crippen LogP) is 5.67. The number of allylic oxidation sites excluding steroid dienone is 3. The highest BCUT2D eigenvalue weighted by molar-refractivity contribution is 5.33. The van der Waals surface area contributed by atoms with Crippen molar-refractivity contribution in [2.45, 2.75) is 39.0 Å². The molecule has 1 fully saturated rings. The summed E-state index contributed by atoms with van der Waals surface area (Å²) in [6, 6.07) is 6.80. The lowest BCUT2D eigenvalue weighted by Crippen LogP contribution is -2.06. The number of hydrogen-bond donors (Lipinski definition) is 0. The Kier molecular flexibility index (Phi) is 4.12. The van der Waals surface area contributed by atoms with Crippen molar-refractivity contribution >= 4 is 0 Å². The Balaban J connectivity index is 2.03. The molecule has 0 radical (unpaired) electrons. The third-order valence-corrected chi connectivity index (χ3v) is 4.29. The molecule has 1 aliphatic carbocycles. The molecule has 0 aromatic heterocycles. The second-order valence-electron chi connectivity index (χ2n) is 5.88. The summed E-state index contributed by atoms with van der Waals surface area (Å²) in [7, 11) is 0. The van der Waals surface area contributed by atoms with E-state index in [1.165, 1.54) is 5.56 Å². The summed E-state index contributed by atoms with van der Waals surface area (Å²) < 4.78 is 26.4. The molecule has 3 atom stereocenters. The highest BCUT2D eigenvalue weighted by Crippen LogP contribution is 2.53. The maximum atomic E-state index is 13.2. The second-order valence-corrected chi connectivity index (χ2v) is 5.88. The third-order valence-electron chi connectivity index (χ3n) is 4.29. The Morgan fingerprint density at radius 1 is 1.35 bits per heavy atom. The first-order valence-corrected chi connectivity index (χ1v) is 7.14. The Hall–Kier alpha value is -1.44. The first-order chi connectivity index (χ1) is 9.34. The standard InChI is InChI=1S/C18H22F2/c1-5-6-12(2)13(3)16-11-17(16)14-7-9-15(10-8-14)18(4,19)20/h5-10,13,16-17H,2,11H2,1,3-4H3/b6-5-. The molecule has 20 heavy (non-hydrogen) atoms. The quantitative estimate of drug-likeness (QED) is 0.608. The average Bonchev–Trinajstić information content (AvgIpc) is 3.17. The molecule has 0 saturated heterocycles. The molecule has 0 amide bonds. The monoisotopic (exact) mass is 276 g/mol. The summed E-state index contributed by atoms with van der Waals surface area (Å²) in [5.74, 6) is -1.23. The van der Waals surface area contributed by atoms with Gasteiger partial charge >= 0.3 is 0 Å². The molecule has 0 heterocycles. The van der Waals surface area contributed by atoms with E-state index in [9.17, 15) is 8.78 Å². The van der Waals surface area contributed by atoms with Crippen molar-refractivity contribution < 1.29 is 8.78 Å². The lowest BCUT2D eigenvalue weighted by Gasteiger charge is -2.13. The van der Waals surface area contributed by atoms with E-state index in [1.54, 1.807) is 12.1 Å². The van der Waals surface area contributed by atoms with Crippen LogP contribution >= 0.6 is 0 Å². The molecule has 1 aliphatic rings. The van der Waals surface area contributed by atoms with E-state index in [2.05, 4.69) is 19.6 Å². The number of halogens is 2. The molecule has 0 nitrogen and oxygen atoms in total. The molecule has 0 bridgehead atoms. The van der Waals surface area contributed by atoms with E-state index in [1.807, 2.05) is 25.1 Å². The van der Waals surface area contributed by atoms with Crippen LogP contribution in [-0.4, -0.2) is 0 Å². The van der Waals surface area contributed by atoms with Gasteiger partial charge in [-0.05, 0) is 36.7 Å². The number of benzene rings is 1. The van der Waals surface area contributed by atoms with Crippen molar-refractivity contribution in [1.29, 1.82) is 0 Å². The van der Waals surface area contributed by atoms with Gasteiger partial charge in [-0.3, -0.25) is 0 Å². The Morgan fingerprint density at radius 2 is 1.95 bits per heavy atom. The van der Waals surface area contributed by atoms with Crippen LogP contribution in [0.5, 0.6) is 0 Å². The molecule has 1 aromatic rings. The summed E-state index contributed by atoms with van der Waals surface area (Å²) in [4.78, 5) is 0. The van der Waals surface area contributed by atoms with Crippen molar-refractivity contribution in [3.8, 4) is 0 Å². The van der Waals surface area contributed by atoms with Crippen LogP contribution in [0.1, 0.15) is 44.2 Å².